The molecule has 166 valence electrons. The van der Waals surface area contributed by atoms with E-state index in [1.807, 2.05) is 6.07 Å². The summed E-state index contributed by atoms with van der Waals surface area (Å²) in [6, 6.07) is 8.53. The highest BCUT2D eigenvalue weighted by molar-refractivity contribution is 7.89. The monoisotopic (exact) mass is 453 g/mol. The number of nitrogens with one attached hydrogen (secondary N) is 1. The fourth-order valence-corrected chi connectivity index (χ4v) is 4.44. The maximum atomic E-state index is 14.1. The molecule has 1 aromatic heterocycles. The van der Waals surface area contributed by atoms with Crippen molar-refractivity contribution in [3.05, 3.63) is 47.9 Å². The van der Waals surface area contributed by atoms with Crippen LogP contribution in [0, 0.1) is 23.1 Å². The van der Waals surface area contributed by atoms with Crippen LogP contribution in [-0.4, -0.2) is 37.7 Å². The third kappa shape index (κ3) is 5.95. The van der Waals surface area contributed by atoms with Crippen molar-refractivity contribution >= 4 is 10.0 Å². The molecule has 3 rings (SSSR count). The van der Waals surface area contributed by atoms with E-state index in [0.717, 1.165) is 6.07 Å². The van der Waals surface area contributed by atoms with Crippen LogP contribution in [-0.2, 0) is 10.0 Å². The molecule has 0 bridgehead atoms. The van der Waals surface area contributed by atoms with Crippen molar-refractivity contribution in [3.8, 4) is 23.1 Å². The zero-order valence-electron chi connectivity index (χ0n) is 16.8. The number of sulfonamides is 1. The van der Waals surface area contributed by atoms with Gasteiger partial charge in [-0.3, -0.25) is 4.98 Å². The molecule has 10 heteroatoms. The Morgan fingerprint density at radius 2 is 2.03 bits per heavy atom. The van der Waals surface area contributed by atoms with Crippen LogP contribution in [0.4, 0.5) is 13.2 Å². The SMILES string of the molecule is CCS(=O)(=O)N[C@H]1CCC(F)(F)C[C@H]1COc1ccc(-c2ncc(C#N)cc2F)cc1. The van der Waals surface area contributed by atoms with E-state index in [-0.39, 0.29) is 36.5 Å². The lowest BCUT2D eigenvalue weighted by atomic mass is 9.83. The summed E-state index contributed by atoms with van der Waals surface area (Å²) >= 11 is 0. The van der Waals surface area contributed by atoms with Gasteiger partial charge < -0.3 is 4.74 Å². The van der Waals surface area contributed by atoms with E-state index in [2.05, 4.69) is 9.71 Å². The number of nitrogens with zero attached hydrogens (tertiary/aromatic N) is 2. The Morgan fingerprint density at radius 1 is 1.32 bits per heavy atom. The van der Waals surface area contributed by atoms with E-state index in [0.29, 0.717) is 11.3 Å². The summed E-state index contributed by atoms with van der Waals surface area (Å²) in [5.41, 5.74) is 0.650. The number of halogens is 3. The van der Waals surface area contributed by atoms with Gasteiger partial charge in [-0.25, -0.2) is 26.3 Å². The highest BCUT2D eigenvalue weighted by Gasteiger charge is 2.42. The van der Waals surface area contributed by atoms with Gasteiger partial charge in [0.1, 0.15) is 17.5 Å². The smallest absolute Gasteiger partial charge is 0.248 e. The van der Waals surface area contributed by atoms with Gasteiger partial charge in [0.05, 0.1) is 17.9 Å². The van der Waals surface area contributed by atoms with Crippen molar-refractivity contribution in [2.75, 3.05) is 12.4 Å². The number of alkyl halides is 2. The van der Waals surface area contributed by atoms with Gasteiger partial charge in [0, 0.05) is 36.6 Å². The van der Waals surface area contributed by atoms with Gasteiger partial charge in [0.15, 0.2) is 5.82 Å². The Morgan fingerprint density at radius 3 is 2.65 bits per heavy atom. The zero-order chi connectivity index (χ0) is 22.6. The van der Waals surface area contributed by atoms with Crippen LogP contribution in [0.3, 0.4) is 0 Å². The highest BCUT2D eigenvalue weighted by Crippen LogP contribution is 2.37. The molecule has 0 saturated heterocycles. The summed E-state index contributed by atoms with van der Waals surface area (Å²) in [7, 11) is -3.53. The van der Waals surface area contributed by atoms with E-state index in [1.165, 1.54) is 13.1 Å². The van der Waals surface area contributed by atoms with Crippen LogP contribution < -0.4 is 9.46 Å². The van der Waals surface area contributed by atoms with Crippen LogP contribution in [0.15, 0.2) is 36.5 Å². The summed E-state index contributed by atoms with van der Waals surface area (Å²) in [6.07, 6.45) is 0.451. The Labute approximate surface area is 179 Å². The summed E-state index contributed by atoms with van der Waals surface area (Å²) < 4.78 is 73.9. The average molecular weight is 453 g/mol. The van der Waals surface area contributed by atoms with Crippen LogP contribution in [0.25, 0.3) is 11.3 Å². The number of ether oxygens (including phenoxy) is 1. The molecular formula is C21H22F3N3O3S. The summed E-state index contributed by atoms with van der Waals surface area (Å²) in [6.45, 7) is 1.40. The number of rotatable bonds is 7. The predicted molar refractivity (Wildman–Crippen MR) is 109 cm³/mol. The first kappa shape index (κ1) is 23.0. The molecule has 0 aliphatic heterocycles. The molecule has 1 N–H and O–H groups in total. The third-order valence-electron chi connectivity index (χ3n) is 5.22. The molecule has 2 aromatic rings. The van der Waals surface area contributed by atoms with Gasteiger partial charge in [0.2, 0.25) is 15.9 Å². The lowest BCUT2D eigenvalue weighted by molar-refractivity contribution is -0.0660. The molecular weight excluding hydrogens is 431 g/mol. The van der Waals surface area contributed by atoms with Gasteiger partial charge >= 0.3 is 0 Å². The molecule has 0 unspecified atom stereocenters. The lowest BCUT2D eigenvalue weighted by Crippen LogP contribution is -2.48. The summed E-state index contributed by atoms with van der Waals surface area (Å²) in [5.74, 6) is -3.95. The van der Waals surface area contributed by atoms with Crippen molar-refractivity contribution in [1.29, 1.82) is 5.26 Å². The second kappa shape index (κ2) is 9.24. The quantitative estimate of drug-likeness (QED) is 0.687. The van der Waals surface area contributed by atoms with Crippen molar-refractivity contribution in [3.63, 3.8) is 0 Å². The number of aromatic nitrogens is 1. The van der Waals surface area contributed by atoms with Crippen molar-refractivity contribution in [2.45, 2.75) is 38.2 Å². The molecule has 0 amide bonds. The lowest BCUT2D eigenvalue weighted by Gasteiger charge is -2.36. The fourth-order valence-electron chi connectivity index (χ4n) is 3.50. The molecule has 6 nitrogen and oxygen atoms in total. The van der Waals surface area contributed by atoms with Crippen molar-refractivity contribution in [1.82, 2.24) is 9.71 Å². The first-order chi connectivity index (χ1) is 14.6. The summed E-state index contributed by atoms with van der Waals surface area (Å²) in [5, 5.41) is 8.80. The first-order valence-electron chi connectivity index (χ1n) is 9.79. The molecule has 0 spiro atoms. The number of nitriles is 1. The highest BCUT2D eigenvalue weighted by atomic mass is 32.2. The molecule has 1 aromatic carbocycles. The largest absolute Gasteiger partial charge is 0.493 e. The maximum absolute atomic E-state index is 14.1. The topological polar surface area (TPSA) is 92.1 Å². The molecule has 1 aliphatic rings. The van der Waals surface area contributed by atoms with Crippen LogP contribution >= 0.6 is 0 Å². The minimum absolute atomic E-state index is 0.0306. The Hall–Kier alpha value is -2.64. The second-order valence-electron chi connectivity index (χ2n) is 7.49. The summed E-state index contributed by atoms with van der Waals surface area (Å²) in [4.78, 5) is 3.95. The van der Waals surface area contributed by atoms with E-state index < -0.39 is 40.1 Å². The molecule has 31 heavy (non-hydrogen) atoms. The first-order valence-corrected chi connectivity index (χ1v) is 11.4. The van der Waals surface area contributed by atoms with Crippen molar-refractivity contribution < 1.29 is 26.3 Å². The van der Waals surface area contributed by atoms with Crippen molar-refractivity contribution in [2.24, 2.45) is 5.92 Å². The minimum Gasteiger partial charge on any atom is -0.493 e. The average Bonchev–Trinajstić information content (AvgIpc) is 2.74. The Balaban J connectivity index is 1.69. The molecule has 1 aliphatic carbocycles. The number of hydrogen-bond donors (Lipinski definition) is 1. The predicted octanol–water partition coefficient (Wildman–Crippen LogP) is 3.88. The number of hydrogen-bond acceptors (Lipinski definition) is 5. The standard InChI is InChI=1S/C21H22F3N3O3S/c1-2-31(28,29)27-19-7-8-21(23,24)10-16(19)13-30-17-5-3-15(4-6-17)20-18(22)9-14(11-25)12-26-20/h3-6,9,12,16,19,27H,2,7-8,10,13H2,1H3/t16-,19-/m0/s1. The molecule has 1 heterocycles. The normalized spacial score (nSPS) is 20.7. The Kier molecular flexibility index (Phi) is 6.86. The van der Waals surface area contributed by atoms with Gasteiger partial charge in [-0.1, -0.05) is 0 Å². The van der Waals surface area contributed by atoms with E-state index in [1.54, 1.807) is 24.3 Å². The van der Waals surface area contributed by atoms with Gasteiger partial charge in [-0.15, -0.1) is 0 Å². The zero-order valence-corrected chi connectivity index (χ0v) is 17.6. The van der Waals surface area contributed by atoms with Crippen LogP contribution in [0.5, 0.6) is 5.75 Å². The fraction of sp³-hybridized carbons (Fsp3) is 0.429. The molecule has 0 radical (unpaired) electrons. The van der Waals surface area contributed by atoms with Crippen LogP contribution in [0.1, 0.15) is 31.7 Å². The second-order valence-corrected chi connectivity index (χ2v) is 9.53. The van der Waals surface area contributed by atoms with E-state index in [9.17, 15) is 21.6 Å². The Bertz CT molecular complexity index is 1070. The van der Waals surface area contributed by atoms with E-state index in [4.69, 9.17) is 10.00 Å². The maximum Gasteiger partial charge on any atom is 0.248 e. The van der Waals surface area contributed by atoms with E-state index >= 15 is 0 Å². The number of pyridine rings is 1. The minimum atomic E-state index is -3.53. The molecule has 1 saturated carbocycles. The van der Waals surface area contributed by atoms with Gasteiger partial charge in [-0.2, -0.15) is 5.26 Å². The molecule has 2 atom stereocenters. The molecule has 1 fully saturated rings. The number of benzene rings is 1. The van der Waals surface area contributed by atoms with Gasteiger partial charge in [0.25, 0.3) is 0 Å². The van der Waals surface area contributed by atoms with Gasteiger partial charge in [-0.05, 0) is 43.7 Å². The van der Waals surface area contributed by atoms with Crippen LogP contribution in [0.2, 0.25) is 0 Å². The third-order valence-corrected chi connectivity index (χ3v) is 6.65.